The number of carbonyl (C=O) groups is 1. The average Bonchev–Trinajstić information content (AvgIpc) is 2.23. The van der Waals surface area contributed by atoms with E-state index in [-0.39, 0.29) is 17.5 Å². The molecule has 0 aromatic heterocycles. The number of Topliss-reactive ketones (excluding diaryl/α,β-unsaturated/α-hetero) is 1. The summed E-state index contributed by atoms with van der Waals surface area (Å²) in [7, 11) is 0. The molecule has 1 saturated carbocycles. The fourth-order valence-corrected chi connectivity index (χ4v) is 2.34. The van der Waals surface area contributed by atoms with E-state index in [1.54, 1.807) is 6.92 Å². The van der Waals surface area contributed by atoms with Gasteiger partial charge in [-0.3, -0.25) is 4.79 Å². The molecule has 16 heavy (non-hydrogen) atoms. The molecule has 3 heteroatoms. The van der Waals surface area contributed by atoms with Crippen LogP contribution in [0.1, 0.15) is 42.7 Å². The predicted octanol–water partition coefficient (Wildman–Crippen LogP) is 3.50. The molecule has 0 radical (unpaired) electrons. The summed E-state index contributed by atoms with van der Waals surface area (Å²) in [6.07, 6.45) is 2.47. The number of hydrogen-bond donors (Lipinski definition) is 0. The zero-order valence-corrected chi connectivity index (χ0v) is 9.22. The second-order valence-electron chi connectivity index (χ2n) is 4.46. The van der Waals surface area contributed by atoms with Crippen LogP contribution in [-0.2, 0) is 4.79 Å². The van der Waals surface area contributed by atoms with Crippen LogP contribution in [0.4, 0.5) is 8.78 Å². The van der Waals surface area contributed by atoms with Gasteiger partial charge in [-0.05, 0) is 48.9 Å². The Labute approximate surface area is 93.5 Å². The van der Waals surface area contributed by atoms with Crippen molar-refractivity contribution in [3.05, 3.63) is 34.9 Å². The van der Waals surface area contributed by atoms with Crippen LogP contribution in [0.3, 0.4) is 0 Å². The van der Waals surface area contributed by atoms with Crippen LogP contribution in [-0.4, -0.2) is 5.78 Å². The van der Waals surface area contributed by atoms with Gasteiger partial charge in [0.15, 0.2) is 0 Å². The van der Waals surface area contributed by atoms with Gasteiger partial charge in [0.2, 0.25) is 0 Å². The van der Waals surface area contributed by atoms with E-state index in [0.29, 0.717) is 24.0 Å². The highest BCUT2D eigenvalue weighted by Gasteiger charge is 2.24. The molecule has 1 atom stereocenters. The third kappa shape index (κ3) is 2.13. The lowest BCUT2D eigenvalue weighted by Gasteiger charge is -2.22. The van der Waals surface area contributed by atoms with Crippen molar-refractivity contribution in [2.75, 3.05) is 0 Å². The summed E-state index contributed by atoms with van der Waals surface area (Å²) in [5.41, 5.74) is 0.679. The fourth-order valence-electron chi connectivity index (χ4n) is 2.34. The standard InChI is InChI=1S/C13H14F2O/c1-8-5-10(14)7-12(13(8)15)9-3-2-4-11(16)6-9/h5,7,9H,2-4,6H2,1H3. The number of halogens is 2. The van der Waals surface area contributed by atoms with Crippen LogP contribution in [0.25, 0.3) is 0 Å². The largest absolute Gasteiger partial charge is 0.300 e. The summed E-state index contributed by atoms with van der Waals surface area (Å²) in [5.74, 6) is -0.777. The summed E-state index contributed by atoms with van der Waals surface area (Å²) in [5, 5.41) is 0. The fraction of sp³-hybridized carbons (Fsp3) is 0.462. The van der Waals surface area contributed by atoms with Crippen molar-refractivity contribution in [3.8, 4) is 0 Å². The first-order chi connectivity index (χ1) is 7.58. The van der Waals surface area contributed by atoms with Crippen LogP contribution in [0.2, 0.25) is 0 Å². The second kappa shape index (κ2) is 4.32. The third-order valence-electron chi connectivity index (χ3n) is 3.17. The monoisotopic (exact) mass is 224 g/mol. The lowest BCUT2D eigenvalue weighted by molar-refractivity contribution is -0.120. The molecule has 1 aliphatic carbocycles. The Morgan fingerprint density at radius 1 is 1.31 bits per heavy atom. The lowest BCUT2D eigenvalue weighted by atomic mass is 9.82. The summed E-state index contributed by atoms with van der Waals surface area (Å²) in [6.45, 7) is 1.55. The molecule has 2 rings (SSSR count). The number of ketones is 1. The van der Waals surface area contributed by atoms with Gasteiger partial charge in [0.25, 0.3) is 0 Å². The number of hydrogen-bond acceptors (Lipinski definition) is 1. The molecule has 0 aliphatic heterocycles. The summed E-state index contributed by atoms with van der Waals surface area (Å²) < 4.78 is 27.0. The van der Waals surface area contributed by atoms with Crippen LogP contribution in [0, 0.1) is 18.6 Å². The molecule has 0 saturated heterocycles. The molecular formula is C13H14F2O. The van der Waals surface area contributed by atoms with Crippen molar-refractivity contribution in [1.82, 2.24) is 0 Å². The van der Waals surface area contributed by atoms with E-state index in [2.05, 4.69) is 0 Å². The molecule has 0 spiro atoms. The van der Waals surface area contributed by atoms with E-state index in [1.165, 1.54) is 12.1 Å². The van der Waals surface area contributed by atoms with E-state index in [4.69, 9.17) is 0 Å². The van der Waals surface area contributed by atoms with E-state index < -0.39 is 5.82 Å². The van der Waals surface area contributed by atoms with E-state index >= 15 is 0 Å². The zero-order chi connectivity index (χ0) is 11.7. The summed E-state index contributed by atoms with van der Waals surface area (Å²) >= 11 is 0. The molecule has 0 bridgehead atoms. The number of benzene rings is 1. The molecule has 1 unspecified atom stereocenters. The molecular weight excluding hydrogens is 210 g/mol. The molecule has 0 amide bonds. The first kappa shape index (κ1) is 11.2. The van der Waals surface area contributed by atoms with Gasteiger partial charge in [-0.1, -0.05) is 0 Å². The van der Waals surface area contributed by atoms with Crippen molar-refractivity contribution < 1.29 is 13.6 Å². The average molecular weight is 224 g/mol. The van der Waals surface area contributed by atoms with Crippen LogP contribution in [0.5, 0.6) is 0 Å². The van der Waals surface area contributed by atoms with Crippen molar-refractivity contribution in [3.63, 3.8) is 0 Å². The quantitative estimate of drug-likeness (QED) is 0.713. The zero-order valence-electron chi connectivity index (χ0n) is 9.22. The first-order valence-corrected chi connectivity index (χ1v) is 5.55. The molecule has 1 aromatic carbocycles. The molecule has 0 N–H and O–H groups in total. The maximum absolute atomic E-state index is 13.8. The molecule has 1 fully saturated rings. The smallest absolute Gasteiger partial charge is 0.133 e. The Balaban J connectivity index is 2.35. The lowest BCUT2D eigenvalue weighted by Crippen LogP contribution is -2.15. The number of aryl methyl sites for hydroxylation is 1. The summed E-state index contributed by atoms with van der Waals surface area (Å²) in [6, 6.07) is 2.41. The maximum Gasteiger partial charge on any atom is 0.133 e. The minimum absolute atomic E-state index is 0.143. The topological polar surface area (TPSA) is 17.1 Å². The molecule has 0 heterocycles. The Hall–Kier alpha value is -1.25. The van der Waals surface area contributed by atoms with Gasteiger partial charge >= 0.3 is 0 Å². The highest BCUT2D eigenvalue weighted by atomic mass is 19.1. The number of rotatable bonds is 1. The molecule has 1 aliphatic rings. The highest BCUT2D eigenvalue weighted by Crippen LogP contribution is 2.33. The Kier molecular flexibility index (Phi) is 3.03. The second-order valence-corrected chi connectivity index (χ2v) is 4.46. The summed E-state index contributed by atoms with van der Waals surface area (Å²) in [4.78, 5) is 11.3. The Morgan fingerprint density at radius 3 is 2.75 bits per heavy atom. The van der Waals surface area contributed by atoms with Gasteiger partial charge in [0, 0.05) is 12.8 Å². The van der Waals surface area contributed by atoms with Crippen LogP contribution in [0.15, 0.2) is 12.1 Å². The van der Waals surface area contributed by atoms with Crippen molar-refractivity contribution >= 4 is 5.78 Å². The van der Waals surface area contributed by atoms with E-state index in [0.717, 1.165) is 12.8 Å². The number of carbonyl (C=O) groups excluding carboxylic acids is 1. The minimum atomic E-state index is -0.424. The maximum atomic E-state index is 13.8. The van der Waals surface area contributed by atoms with Crippen LogP contribution >= 0.6 is 0 Å². The first-order valence-electron chi connectivity index (χ1n) is 5.55. The van der Waals surface area contributed by atoms with Crippen molar-refractivity contribution in [2.45, 2.75) is 38.5 Å². The molecule has 1 nitrogen and oxygen atoms in total. The van der Waals surface area contributed by atoms with Crippen LogP contribution < -0.4 is 0 Å². The van der Waals surface area contributed by atoms with Gasteiger partial charge in [-0.25, -0.2) is 8.78 Å². The van der Waals surface area contributed by atoms with Gasteiger partial charge in [-0.15, -0.1) is 0 Å². The highest BCUT2D eigenvalue weighted by molar-refractivity contribution is 5.80. The Morgan fingerprint density at radius 2 is 2.06 bits per heavy atom. The molecule has 1 aromatic rings. The van der Waals surface area contributed by atoms with Gasteiger partial charge in [0.05, 0.1) is 0 Å². The third-order valence-corrected chi connectivity index (χ3v) is 3.17. The van der Waals surface area contributed by atoms with Crippen molar-refractivity contribution in [2.24, 2.45) is 0 Å². The Bertz CT molecular complexity index is 426. The van der Waals surface area contributed by atoms with Gasteiger partial charge in [-0.2, -0.15) is 0 Å². The van der Waals surface area contributed by atoms with E-state index in [1.807, 2.05) is 0 Å². The van der Waals surface area contributed by atoms with Gasteiger partial charge in [0.1, 0.15) is 17.4 Å². The normalized spacial score (nSPS) is 21.2. The van der Waals surface area contributed by atoms with Crippen molar-refractivity contribution in [1.29, 1.82) is 0 Å². The van der Waals surface area contributed by atoms with E-state index in [9.17, 15) is 13.6 Å². The SMILES string of the molecule is Cc1cc(F)cc(C2CCCC(=O)C2)c1F. The predicted molar refractivity (Wildman–Crippen MR) is 57.3 cm³/mol. The molecule has 86 valence electrons. The van der Waals surface area contributed by atoms with Gasteiger partial charge < -0.3 is 0 Å². The minimum Gasteiger partial charge on any atom is -0.300 e.